The fourth-order valence-corrected chi connectivity index (χ4v) is 3.65. The van der Waals surface area contributed by atoms with Gasteiger partial charge in [0.1, 0.15) is 17.2 Å². The molecule has 9 nitrogen and oxygen atoms in total. The van der Waals surface area contributed by atoms with Gasteiger partial charge in [0.15, 0.2) is 0 Å². The highest BCUT2D eigenvalue weighted by atomic mass is 19.4. The summed E-state index contributed by atoms with van der Waals surface area (Å²) in [5, 5.41) is 7.63. The smallest absolute Gasteiger partial charge is 0.416 e. The molecule has 0 atom stereocenters. The van der Waals surface area contributed by atoms with E-state index in [1.165, 1.54) is 25.4 Å². The molecule has 0 saturated carbocycles. The van der Waals surface area contributed by atoms with Crippen LogP contribution in [0.2, 0.25) is 0 Å². The van der Waals surface area contributed by atoms with Gasteiger partial charge in [-0.3, -0.25) is 9.78 Å². The molecular formula is C25H24F3N5O4. The van der Waals surface area contributed by atoms with Crippen LogP contribution in [0.3, 0.4) is 0 Å². The number of pyridine rings is 1. The van der Waals surface area contributed by atoms with Gasteiger partial charge in [-0.2, -0.15) is 13.2 Å². The first-order valence-corrected chi connectivity index (χ1v) is 11.3. The number of urea groups is 1. The molecule has 3 N–H and O–H groups in total. The van der Waals surface area contributed by atoms with E-state index in [2.05, 4.69) is 20.9 Å². The molecule has 4 rings (SSSR count). The Kier molecular flexibility index (Phi) is 7.77. The van der Waals surface area contributed by atoms with E-state index in [1.807, 2.05) is 4.90 Å². The van der Waals surface area contributed by atoms with Crippen molar-refractivity contribution < 1.29 is 32.2 Å². The van der Waals surface area contributed by atoms with Gasteiger partial charge in [0, 0.05) is 38.1 Å². The Hall–Kier alpha value is -4.32. The summed E-state index contributed by atoms with van der Waals surface area (Å²) in [5.41, 5.74) is 0.242. The molecule has 3 amide bonds. The molecule has 1 aliphatic heterocycles. The van der Waals surface area contributed by atoms with Crippen molar-refractivity contribution in [2.45, 2.75) is 6.18 Å². The van der Waals surface area contributed by atoms with Crippen LogP contribution in [0, 0.1) is 0 Å². The van der Waals surface area contributed by atoms with Crippen molar-refractivity contribution >= 4 is 29.0 Å². The van der Waals surface area contributed by atoms with Gasteiger partial charge in [-0.05, 0) is 48.5 Å². The first kappa shape index (κ1) is 25.8. The standard InChI is InChI=1S/C25H24F3N5O4/c1-29-23(34)21-15-19(8-9-30-21)37-18-5-3-17(4-6-18)31-24(35)32-20-14-16(25(26,27)28)2-7-22(20)33-10-12-36-13-11-33/h2-9,14-15H,10-13H2,1H3,(H,29,34)(H2,31,32,35). The van der Waals surface area contributed by atoms with Crippen LogP contribution in [0.1, 0.15) is 16.1 Å². The fourth-order valence-electron chi connectivity index (χ4n) is 3.65. The van der Waals surface area contributed by atoms with Gasteiger partial charge in [0.05, 0.1) is 30.2 Å². The molecule has 1 saturated heterocycles. The minimum atomic E-state index is -4.55. The van der Waals surface area contributed by atoms with Gasteiger partial charge in [-0.15, -0.1) is 0 Å². The molecular weight excluding hydrogens is 491 g/mol. The summed E-state index contributed by atoms with van der Waals surface area (Å²) in [4.78, 5) is 30.2. The van der Waals surface area contributed by atoms with Gasteiger partial charge in [0.25, 0.3) is 5.91 Å². The lowest BCUT2D eigenvalue weighted by Crippen LogP contribution is -2.37. The van der Waals surface area contributed by atoms with E-state index in [9.17, 15) is 22.8 Å². The summed E-state index contributed by atoms with van der Waals surface area (Å²) in [5.74, 6) is 0.480. The summed E-state index contributed by atoms with van der Waals surface area (Å²) in [6.45, 7) is 1.86. The van der Waals surface area contributed by atoms with E-state index in [0.717, 1.165) is 12.1 Å². The second-order valence-corrected chi connectivity index (χ2v) is 7.99. The SMILES string of the molecule is CNC(=O)c1cc(Oc2ccc(NC(=O)Nc3cc(C(F)(F)F)ccc3N3CCOCC3)cc2)ccn1. The van der Waals surface area contributed by atoms with Crippen molar-refractivity contribution in [1.82, 2.24) is 10.3 Å². The summed E-state index contributed by atoms with van der Waals surface area (Å²) in [6.07, 6.45) is -3.11. The average molecular weight is 515 g/mol. The van der Waals surface area contributed by atoms with Crippen molar-refractivity contribution in [2.75, 3.05) is 48.9 Å². The van der Waals surface area contributed by atoms with Gasteiger partial charge in [-0.1, -0.05) is 0 Å². The van der Waals surface area contributed by atoms with Gasteiger partial charge in [0.2, 0.25) is 0 Å². The Morgan fingerprint density at radius 1 is 0.973 bits per heavy atom. The minimum Gasteiger partial charge on any atom is -0.457 e. The molecule has 12 heteroatoms. The summed E-state index contributed by atoms with van der Waals surface area (Å²) in [7, 11) is 1.50. The number of benzene rings is 2. The van der Waals surface area contributed by atoms with Crippen LogP contribution < -0.4 is 25.6 Å². The number of aromatic nitrogens is 1. The quantitative estimate of drug-likeness (QED) is 0.438. The number of anilines is 3. The molecule has 37 heavy (non-hydrogen) atoms. The van der Waals surface area contributed by atoms with E-state index in [0.29, 0.717) is 49.2 Å². The van der Waals surface area contributed by atoms with Crippen LogP contribution in [0.15, 0.2) is 60.8 Å². The van der Waals surface area contributed by atoms with Crippen LogP contribution in [0.25, 0.3) is 0 Å². The molecule has 0 bridgehead atoms. The number of amides is 3. The summed E-state index contributed by atoms with van der Waals surface area (Å²) < 4.78 is 51.0. The van der Waals surface area contributed by atoms with Crippen LogP contribution in [0.4, 0.5) is 35.0 Å². The van der Waals surface area contributed by atoms with Crippen LogP contribution in [0.5, 0.6) is 11.5 Å². The van der Waals surface area contributed by atoms with Crippen molar-refractivity contribution in [1.29, 1.82) is 0 Å². The maximum absolute atomic E-state index is 13.3. The zero-order valence-electron chi connectivity index (χ0n) is 19.8. The predicted octanol–water partition coefficient (Wildman–Crippen LogP) is 4.73. The van der Waals surface area contributed by atoms with E-state index in [-0.39, 0.29) is 17.3 Å². The van der Waals surface area contributed by atoms with Crippen LogP contribution in [-0.2, 0) is 10.9 Å². The number of morpholine rings is 1. The van der Waals surface area contributed by atoms with Gasteiger partial charge >= 0.3 is 12.2 Å². The molecule has 1 aromatic heterocycles. The Morgan fingerprint density at radius 2 is 1.70 bits per heavy atom. The first-order valence-electron chi connectivity index (χ1n) is 11.3. The largest absolute Gasteiger partial charge is 0.457 e. The Bertz CT molecular complexity index is 1260. The average Bonchev–Trinajstić information content (AvgIpc) is 2.89. The lowest BCUT2D eigenvalue weighted by Gasteiger charge is -2.31. The Morgan fingerprint density at radius 3 is 2.38 bits per heavy atom. The minimum absolute atomic E-state index is 0.0405. The number of carbonyl (C=O) groups is 2. The number of carbonyl (C=O) groups excluding carboxylic acids is 2. The van der Waals surface area contributed by atoms with E-state index in [1.54, 1.807) is 30.3 Å². The van der Waals surface area contributed by atoms with E-state index < -0.39 is 17.8 Å². The number of alkyl halides is 3. The molecule has 0 aliphatic carbocycles. The van der Waals surface area contributed by atoms with Crippen molar-refractivity contribution in [2.24, 2.45) is 0 Å². The van der Waals surface area contributed by atoms with Crippen molar-refractivity contribution in [3.8, 4) is 11.5 Å². The molecule has 1 aliphatic rings. The topological polar surface area (TPSA) is 105 Å². The first-order chi connectivity index (χ1) is 17.7. The highest BCUT2D eigenvalue weighted by molar-refractivity contribution is 6.02. The second-order valence-electron chi connectivity index (χ2n) is 7.99. The Balaban J connectivity index is 1.44. The normalized spacial score (nSPS) is 13.6. The molecule has 194 valence electrons. The monoisotopic (exact) mass is 515 g/mol. The van der Waals surface area contributed by atoms with E-state index >= 15 is 0 Å². The van der Waals surface area contributed by atoms with Gasteiger partial charge < -0.3 is 30.3 Å². The van der Waals surface area contributed by atoms with Crippen LogP contribution in [-0.4, -0.2) is 50.3 Å². The third-order valence-electron chi connectivity index (χ3n) is 5.46. The highest BCUT2D eigenvalue weighted by Gasteiger charge is 2.32. The number of nitrogens with zero attached hydrogens (tertiary/aromatic N) is 2. The fraction of sp³-hybridized carbons (Fsp3) is 0.240. The summed E-state index contributed by atoms with van der Waals surface area (Å²) >= 11 is 0. The molecule has 2 heterocycles. The maximum Gasteiger partial charge on any atom is 0.416 e. The third kappa shape index (κ3) is 6.67. The molecule has 0 radical (unpaired) electrons. The third-order valence-corrected chi connectivity index (χ3v) is 5.46. The zero-order valence-corrected chi connectivity index (χ0v) is 19.8. The van der Waals surface area contributed by atoms with Gasteiger partial charge in [-0.25, -0.2) is 4.79 Å². The number of hydrogen-bond acceptors (Lipinski definition) is 6. The molecule has 3 aromatic rings. The number of halogens is 3. The molecule has 0 unspecified atom stereocenters. The Labute approximate surface area is 210 Å². The number of nitrogens with one attached hydrogen (secondary N) is 3. The second kappa shape index (κ2) is 11.2. The van der Waals surface area contributed by atoms with Crippen molar-refractivity contribution in [3.05, 3.63) is 72.1 Å². The lowest BCUT2D eigenvalue weighted by atomic mass is 10.1. The van der Waals surface area contributed by atoms with Crippen molar-refractivity contribution in [3.63, 3.8) is 0 Å². The molecule has 2 aromatic carbocycles. The number of hydrogen-bond donors (Lipinski definition) is 3. The van der Waals surface area contributed by atoms with E-state index in [4.69, 9.17) is 9.47 Å². The van der Waals surface area contributed by atoms with Crippen LogP contribution >= 0.6 is 0 Å². The lowest BCUT2D eigenvalue weighted by molar-refractivity contribution is -0.137. The molecule has 1 fully saturated rings. The zero-order chi connectivity index (χ0) is 26.4. The number of ether oxygens (including phenoxy) is 2. The summed E-state index contributed by atoms with van der Waals surface area (Å²) in [6, 6.07) is 12.0. The number of rotatable bonds is 6. The molecule has 0 spiro atoms. The highest BCUT2D eigenvalue weighted by Crippen LogP contribution is 2.36. The predicted molar refractivity (Wildman–Crippen MR) is 131 cm³/mol. The maximum atomic E-state index is 13.3.